The molecule has 0 aromatic heterocycles. The predicted molar refractivity (Wildman–Crippen MR) is 122 cm³/mol. The second-order valence-electron chi connectivity index (χ2n) is 7.40. The van der Waals surface area contributed by atoms with E-state index >= 15 is 0 Å². The molecule has 29 heavy (non-hydrogen) atoms. The fourth-order valence-electron chi connectivity index (χ4n) is 3.78. The van der Waals surface area contributed by atoms with Crippen LogP contribution < -0.4 is 10.2 Å². The van der Waals surface area contributed by atoms with Gasteiger partial charge in [-0.2, -0.15) is 0 Å². The number of aryl methyl sites for hydroxylation is 1. The number of rotatable bonds is 6. The van der Waals surface area contributed by atoms with Gasteiger partial charge in [0.15, 0.2) is 0 Å². The second kappa shape index (κ2) is 8.70. The van der Waals surface area contributed by atoms with Crippen molar-refractivity contribution in [3.8, 4) is 0 Å². The molecule has 0 fully saturated rings. The van der Waals surface area contributed by atoms with Crippen molar-refractivity contribution in [2.45, 2.75) is 36.6 Å². The molecular weight excluding hydrogens is 400 g/mol. The van der Waals surface area contributed by atoms with Crippen LogP contribution in [0.5, 0.6) is 0 Å². The second-order valence-corrected chi connectivity index (χ2v) is 9.26. The smallest absolute Gasteiger partial charge is 0.0892 e. The van der Waals surface area contributed by atoms with Gasteiger partial charge in [0.2, 0.25) is 0 Å². The van der Waals surface area contributed by atoms with Crippen LogP contribution in [0.4, 0.5) is 11.4 Å². The van der Waals surface area contributed by atoms with Crippen LogP contribution in [0.3, 0.4) is 0 Å². The zero-order valence-electron chi connectivity index (χ0n) is 16.7. The van der Waals surface area contributed by atoms with Gasteiger partial charge in [0.25, 0.3) is 0 Å². The van der Waals surface area contributed by atoms with Gasteiger partial charge in [-0.25, -0.2) is 4.21 Å². The number of nitrogens with zero attached hydrogens (tertiary/aromatic N) is 1. The zero-order chi connectivity index (χ0) is 20.4. The summed E-state index contributed by atoms with van der Waals surface area (Å²) < 4.78 is 13.2. The maximum atomic E-state index is 13.2. The summed E-state index contributed by atoms with van der Waals surface area (Å²) in [6.45, 7) is 6.86. The van der Waals surface area contributed by atoms with E-state index in [0.29, 0.717) is 5.02 Å². The van der Waals surface area contributed by atoms with Crippen LogP contribution in [0.2, 0.25) is 5.02 Å². The van der Waals surface area contributed by atoms with Gasteiger partial charge < -0.3 is 10.2 Å². The molecule has 0 amide bonds. The molecule has 1 unspecified atom stereocenters. The minimum Gasteiger partial charge on any atom is -0.339 e. The Hall–Kier alpha value is -2.14. The number of anilines is 2. The van der Waals surface area contributed by atoms with E-state index < -0.39 is 10.8 Å². The molecule has 1 N–H and O–H groups in total. The first-order chi connectivity index (χ1) is 14.1. The van der Waals surface area contributed by atoms with Crippen molar-refractivity contribution < 1.29 is 4.21 Å². The molecule has 1 heterocycles. The number of hydrogen-bond acceptors (Lipinski definition) is 3. The summed E-state index contributed by atoms with van der Waals surface area (Å²) >= 11 is 6.21. The quantitative estimate of drug-likeness (QED) is 0.511. The van der Waals surface area contributed by atoms with Crippen molar-refractivity contribution in [2.75, 3.05) is 18.0 Å². The summed E-state index contributed by atoms with van der Waals surface area (Å²) in [6.07, 6.45) is 0.981. The largest absolute Gasteiger partial charge is 0.339 e. The van der Waals surface area contributed by atoms with Gasteiger partial charge in [0, 0.05) is 18.1 Å². The van der Waals surface area contributed by atoms with E-state index in [9.17, 15) is 4.21 Å². The molecule has 0 spiro atoms. The molecule has 3 aromatic carbocycles. The van der Waals surface area contributed by atoms with Crippen LogP contribution in [0, 0.1) is 13.8 Å². The third kappa shape index (κ3) is 4.11. The topological polar surface area (TPSA) is 32.3 Å². The zero-order valence-corrected chi connectivity index (χ0v) is 18.3. The monoisotopic (exact) mass is 424 g/mol. The van der Waals surface area contributed by atoms with Crippen molar-refractivity contribution >= 4 is 33.8 Å². The first-order valence-electron chi connectivity index (χ1n) is 9.90. The van der Waals surface area contributed by atoms with Gasteiger partial charge in [-0.15, -0.1) is 0 Å². The lowest BCUT2D eigenvalue weighted by Crippen LogP contribution is -2.28. The average molecular weight is 425 g/mol. The molecule has 0 radical (unpaired) electrons. The Morgan fingerprint density at radius 2 is 1.79 bits per heavy atom. The average Bonchev–Trinajstić information content (AvgIpc) is 2.73. The summed E-state index contributed by atoms with van der Waals surface area (Å²) in [5.41, 5.74) is 5.77. The van der Waals surface area contributed by atoms with Crippen LogP contribution in [-0.4, -0.2) is 17.3 Å². The lowest BCUT2D eigenvalue weighted by atomic mass is 10.1. The van der Waals surface area contributed by atoms with E-state index in [1.807, 2.05) is 30.3 Å². The molecule has 3 aromatic rings. The van der Waals surface area contributed by atoms with E-state index in [-0.39, 0.29) is 0 Å². The number of nitrogens with one attached hydrogen (secondary N) is 1. The molecule has 0 aliphatic carbocycles. The Labute approximate surface area is 180 Å². The van der Waals surface area contributed by atoms with E-state index in [4.69, 9.17) is 11.6 Å². The number of fused-ring (bicyclic) bond motifs is 2. The summed E-state index contributed by atoms with van der Waals surface area (Å²) in [4.78, 5) is 3.99. The third-order valence-electron chi connectivity index (χ3n) is 5.45. The van der Waals surface area contributed by atoms with Gasteiger partial charge in [-0.3, -0.25) is 0 Å². The van der Waals surface area contributed by atoms with Crippen LogP contribution in [0.1, 0.15) is 23.1 Å². The van der Waals surface area contributed by atoms with Gasteiger partial charge >= 0.3 is 0 Å². The Balaban J connectivity index is 1.55. The highest BCUT2D eigenvalue weighted by molar-refractivity contribution is 7.85. The SMILES string of the molecule is Cc1ccc2c(c1C)N(CCCNCc1ccccc1)c1ccc(Cl)cc1S2=O. The molecular formula is C24H25ClN2OS. The summed E-state index contributed by atoms with van der Waals surface area (Å²) in [7, 11) is -1.22. The summed E-state index contributed by atoms with van der Waals surface area (Å²) in [5, 5.41) is 4.14. The Morgan fingerprint density at radius 1 is 1.00 bits per heavy atom. The fraction of sp³-hybridized carbons (Fsp3) is 0.250. The Bertz CT molecular complexity index is 1050. The number of halogens is 1. The minimum absolute atomic E-state index is 0.619. The molecule has 0 saturated carbocycles. The van der Waals surface area contributed by atoms with Crippen LogP contribution in [-0.2, 0) is 17.3 Å². The van der Waals surface area contributed by atoms with E-state index in [1.165, 1.54) is 16.7 Å². The highest BCUT2D eigenvalue weighted by atomic mass is 35.5. The van der Waals surface area contributed by atoms with Crippen molar-refractivity contribution in [1.82, 2.24) is 5.32 Å². The predicted octanol–water partition coefficient (Wildman–Crippen LogP) is 5.75. The van der Waals surface area contributed by atoms with Crippen LogP contribution in [0.25, 0.3) is 0 Å². The lowest BCUT2D eigenvalue weighted by molar-refractivity contribution is 0.646. The first kappa shape index (κ1) is 20.1. The first-order valence-corrected chi connectivity index (χ1v) is 11.4. The molecule has 150 valence electrons. The molecule has 3 nitrogen and oxygen atoms in total. The lowest BCUT2D eigenvalue weighted by Gasteiger charge is -2.34. The van der Waals surface area contributed by atoms with Gasteiger partial charge in [-0.1, -0.05) is 48.0 Å². The van der Waals surface area contributed by atoms with Gasteiger partial charge in [-0.05, 0) is 67.8 Å². The number of hydrogen-bond donors (Lipinski definition) is 1. The number of benzene rings is 3. The van der Waals surface area contributed by atoms with Crippen LogP contribution >= 0.6 is 11.6 Å². The van der Waals surface area contributed by atoms with E-state index in [1.54, 1.807) is 0 Å². The fourth-order valence-corrected chi connectivity index (χ4v) is 5.49. The summed E-state index contributed by atoms with van der Waals surface area (Å²) in [5.74, 6) is 0. The van der Waals surface area contributed by atoms with Crippen molar-refractivity contribution in [2.24, 2.45) is 0 Å². The molecule has 1 aliphatic rings. The molecule has 1 aliphatic heterocycles. The third-order valence-corrected chi connectivity index (χ3v) is 7.14. The molecule has 1 atom stereocenters. The molecule has 4 rings (SSSR count). The standard InChI is InChI=1S/C24H25ClN2OS/c1-17-9-12-22-24(18(17)2)27(21-11-10-20(25)15-23(21)29(22)28)14-6-13-26-16-19-7-4-3-5-8-19/h3-5,7-12,15,26H,6,13-14,16H2,1-2H3. The van der Waals surface area contributed by atoms with Gasteiger partial charge in [0.1, 0.15) is 0 Å². The van der Waals surface area contributed by atoms with Crippen molar-refractivity contribution in [3.05, 3.63) is 82.4 Å². The minimum atomic E-state index is -1.22. The Morgan fingerprint density at radius 3 is 2.59 bits per heavy atom. The highest BCUT2D eigenvalue weighted by Gasteiger charge is 2.29. The normalized spacial score (nSPS) is 15.1. The van der Waals surface area contributed by atoms with Crippen molar-refractivity contribution in [1.29, 1.82) is 0 Å². The highest BCUT2D eigenvalue weighted by Crippen LogP contribution is 2.45. The Kier molecular flexibility index (Phi) is 6.04. The van der Waals surface area contributed by atoms with E-state index in [0.717, 1.165) is 47.2 Å². The maximum absolute atomic E-state index is 13.2. The summed E-state index contributed by atoms with van der Waals surface area (Å²) in [6, 6.07) is 20.2. The van der Waals surface area contributed by atoms with E-state index in [2.05, 4.69) is 54.4 Å². The van der Waals surface area contributed by atoms with Crippen LogP contribution in [0.15, 0.2) is 70.5 Å². The van der Waals surface area contributed by atoms with Gasteiger partial charge in [0.05, 0.1) is 32.0 Å². The molecule has 5 heteroatoms. The molecule has 0 bridgehead atoms. The molecule has 0 saturated heterocycles. The maximum Gasteiger partial charge on any atom is 0.0892 e. The van der Waals surface area contributed by atoms with Crippen molar-refractivity contribution in [3.63, 3.8) is 0 Å².